The number of carbonyl (C=O) groups is 2. The molecule has 144 valence electrons. The molecule has 6 nitrogen and oxygen atoms in total. The summed E-state index contributed by atoms with van der Waals surface area (Å²) in [6.07, 6.45) is 0. The SMILES string of the molecule is CC(=O)OCc1cc(OCc2ccc(F)cc2)ccc1CN[C@H](C)C(N)=O. The van der Waals surface area contributed by atoms with Crippen molar-refractivity contribution in [3.8, 4) is 5.75 Å². The summed E-state index contributed by atoms with van der Waals surface area (Å²) in [6, 6.07) is 11.0. The van der Waals surface area contributed by atoms with Gasteiger partial charge in [0.25, 0.3) is 0 Å². The van der Waals surface area contributed by atoms with E-state index in [0.29, 0.717) is 12.3 Å². The molecule has 27 heavy (non-hydrogen) atoms. The van der Waals surface area contributed by atoms with E-state index in [0.717, 1.165) is 16.7 Å². The average molecular weight is 374 g/mol. The summed E-state index contributed by atoms with van der Waals surface area (Å²) >= 11 is 0. The zero-order valence-corrected chi connectivity index (χ0v) is 15.3. The maximum Gasteiger partial charge on any atom is 0.302 e. The van der Waals surface area contributed by atoms with Crippen molar-refractivity contribution in [3.63, 3.8) is 0 Å². The molecule has 0 unspecified atom stereocenters. The lowest BCUT2D eigenvalue weighted by Crippen LogP contribution is -2.38. The molecule has 0 aromatic heterocycles. The molecule has 0 saturated heterocycles. The molecule has 0 aliphatic heterocycles. The molecule has 1 amide bonds. The van der Waals surface area contributed by atoms with Crippen LogP contribution < -0.4 is 15.8 Å². The molecule has 0 fully saturated rings. The van der Waals surface area contributed by atoms with Crippen LogP contribution in [-0.4, -0.2) is 17.9 Å². The number of amides is 1. The summed E-state index contributed by atoms with van der Waals surface area (Å²) in [5.41, 5.74) is 7.70. The minimum atomic E-state index is -0.485. The summed E-state index contributed by atoms with van der Waals surface area (Å²) in [6.45, 7) is 3.77. The summed E-state index contributed by atoms with van der Waals surface area (Å²) in [4.78, 5) is 22.3. The number of primary amides is 1. The van der Waals surface area contributed by atoms with Crippen molar-refractivity contribution in [1.29, 1.82) is 0 Å². The van der Waals surface area contributed by atoms with Gasteiger partial charge in [-0.05, 0) is 47.9 Å². The molecule has 0 saturated carbocycles. The van der Waals surface area contributed by atoms with E-state index < -0.39 is 17.9 Å². The van der Waals surface area contributed by atoms with E-state index in [1.165, 1.54) is 19.1 Å². The second-order valence-electron chi connectivity index (χ2n) is 6.13. The third-order valence-corrected chi connectivity index (χ3v) is 3.95. The van der Waals surface area contributed by atoms with Crippen molar-refractivity contribution in [1.82, 2.24) is 5.32 Å². The smallest absolute Gasteiger partial charge is 0.302 e. The van der Waals surface area contributed by atoms with Gasteiger partial charge in [0.15, 0.2) is 0 Å². The number of esters is 1. The van der Waals surface area contributed by atoms with Crippen molar-refractivity contribution < 1.29 is 23.5 Å². The zero-order chi connectivity index (χ0) is 19.8. The van der Waals surface area contributed by atoms with Gasteiger partial charge in [0.1, 0.15) is 24.8 Å². The number of benzene rings is 2. The number of ether oxygens (including phenoxy) is 2. The normalized spacial score (nSPS) is 11.7. The maximum atomic E-state index is 13.0. The summed E-state index contributed by atoms with van der Waals surface area (Å²) in [5.74, 6) is -0.550. The molecule has 0 aliphatic rings. The van der Waals surface area contributed by atoms with Crippen molar-refractivity contribution >= 4 is 11.9 Å². The highest BCUT2D eigenvalue weighted by Gasteiger charge is 2.11. The molecule has 0 aliphatic carbocycles. The minimum Gasteiger partial charge on any atom is -0.489 e. The third-order valence-electron chi connectivity index (χ3n) is 3.95. The number of hydrogen-bond acceptors (Lipinski definition) is 5. The van der Waals surface area contributed by atoms with E-state index in [-0.39, 0.29) is 19.0 Å². The monoisotopic (exact) mass is 374 g/mol. The lowest BCUT2D eigenvalue weighted by atomic mass is 10.1. The first-order valence-corrected chi connectivity index (χ1v) is 8.50. The molecule has 0 heterocycles. The van der Waals surface area contributed by atoms with Crippen LogP contribution in [-0.2, 0) is 34.1 Å². The number of hydrogen-bond donors (Lipinski definition) is 2. The van der Waals surface area contributed by atoms with E-state index in [1.54, 1.807) is 31.2 Å². The van der Waals surface area contributed by atoms with E-state index in [1.807, 2.05) is 6.07 Å². The van der Waals surface area contributed by atoms with Gasteiger partial charge in [-0.25, -0.2) is 4.39 Å². The first kappa shape index (κ1) is 20.4. The summed E-state index contributed by atoms with van der Waals surface area (Å²) < 4.78 is 23.8. The molecule has 2 rings (SSSR count). The van der Waals surface area contributed by atoms with Crippen LogP contribution in [0.3, 0.4) is 0 Å². The first-order chi connectivity index (χ1) is 12.8. The Morgan fingerprint density at radius 1 is 1.11 bits per heavy atom. The van der Waals surface area contributed by atoms with Gasteiger partial charge in [0.05, 0.1) is 6.04 Å². The van der Waals surface area contributed by atoms with Crippen LogP contribution in [0.5, 0.6) is 5.75 Å². The van der Waals surface area contributed by atoms with Gasteiger partial charge in [-0.2, -0.15) is 0 Å². The second kappa shape index (κ2) is 9.68. The largest absolute Gasteiger partial charge is 0.489 e. The van der Waals surface area contributed by atoms with E-state index in [2.05, 4.69) is 5.32 Å². The zero-order valence-electron chi connectivity index (χ0n) is 15.3. The van der Waals surface area contributed by atoms with Crippen molar-refractivity contribution in [2.45, 2.75) is 39.6 Å². The molecular formula is C20H23FN2O4. The molecule has 7 heteroatoms. The second-order valence-corrected chi connectivity index (χ2v) is 6.13. The Hall–Kier alpha value is -2.93. The molecular weight excluding hydrogens is 351 g/mol. The minimum absolute atomic E-state index is 0.0883. The maximum absolute atomic E-state index is 13.0. The number of carbonyl (C=O) groups excluding carboxylic acids is 2. The van der Waals surface area contributed by atoms with Gasteiger partial charge in [-0.3, -0.25) is 9.59 Å². The fraction of sp³-hybridized carbons (Fsp3) is 0.300. The van der Waals surface area contributed by atoms with E-state index >= 15 is 0 Å². The van der Waals surface area contributed by atoms with Crippen LogP contribution in [0.25, 0.3) is 0 Å². The van der Waals surface area contributed by atoms with Gasteiger partial charge in [-0.15, -0.1) is 0 Å². The molecule has 0 spiro atoms. The number of rotatable bonds is 9. The lowest BCUT2D eigenvalue weighted by Gasteiger charge is -2.15. The predicted octanol–water partition coefficient (Wildman–Crippen LogP) is 2.43. The Morgan fingerprint density at radius 2 is 1.81 bits per heavy atom. The Labute approximate surface area is 157 Å². The Balaban J connectivity index is 2.09. The molecule has 2 aromatic rings. The Bertz CT molecular complexity index is 793. The number of halogens is 1. The fourth-order valence-electron chi connectivity index (χ4n) is 2.29. The van der Waals surface area contributed by atoms with Crippen LogP contribution in [0.1, 0.15) is 30.5 Å². The fourth-order valence-corrected chi connectivity index (χ4v) is 2.29. The summed E-state index contributed by atoms with van der Waals surface area (Å²) in [7, 11) is 0. The molecule has 2 aromatic carbocycles. The molecule has 3 N–H and O–H groups in total. The highest BCUT2D eigenvalue weighted by molar-refractivity contribution is 5.79. The van der Waals surface area contributed by atoms with Crippen LogP contribution in [0.4, 0.5) is 4.39 Å². The molecule has 0 radical (unpaired) electrons. The molecule has 0 bridgehead atoms. The van der Waals surface area contributed by atoms with Crippen molar-refractivity contribution in [3.05, 3.63) is 65.0 Å². The highest BCUT2D eigenvalue weighted by Crippen LogP contribution is 2.20. The van der Waals surface area contributed by atoms with Gasteiger partial charge < -0.3 is 20.5 Å². The average Bonchev–Trinajstić information content (AvgIpc) is 2.64. The van der Waals surface area contributed by atoms with Crippen LogP contribution in [0.15, 0.2) is 42.5 Å². The topological polar surface area (TPSA) is 90.7 Å². The van der Waals surface area contributed by atoms with Crippen LogP contribution in [0, 0.1) is 5.82 Å². The van der Waals surface area contributed by atoms with E-state index in [9.17, 15) is 14.0 Å². The van der Waals surface area contributed by atoms with Crippen LogP contribution in [0.2, 0.25) is 0 Å². The number of nitrogens with two attached hydrogens (primary N) is 1. The predicted molar refractivity (Wildman–Crippen MR) is 98.1 cm³/mol. The van der Waals surface area contributed by atoms with Gasteiger partial charge in [-0.1, -0.05) is 18.2 Å². The highest BCUT2D eigenvalue weighted by atomic mass is 19.1. The lowest BCUT2D eigenvalue weighted by molar-refractivity contribution is -0.142. The van der Waals surface area contributed by atoms with E-state index in [4.69, 9.17) is 15.2 Å². The summed E-state index contributed by atoms with van der Waals surface area (Å²) in [5, 5.41) is 3.02. The molecule has 1 atom stereocenters. The van der Waals surface area contributed by atoms with Gasteiger partial charge >= 0.3 is 5.97 Å². The van der Waals surface area contributed by atoms with Crippen LogP contribution >= 0.6 is 0 Å². The van der Waals surface area contributed by atoms with Crippen molar-refractivity contribution in [2.24, 2.45) is 5.73 Å². The standard InChI is InChI=1S/C20H23FN2O4/c1-13(20(22)25)23-10-16-5-8-19(9-17(16)12-26-14(2)24)27-11-15-3-6-18(21)7-4-15/h3-9,13,23H,10-12H2,1-2H3,(H2,22,25)/t13-/m1/s1. The van der Waals surface area contributed by atoms with Gasteiger partial charge in [0.2, 0.25) is 5.91 Å². The quantitative estimate of drug-likeness (QED) is 0.658. The Morgan fingerprint density at radius 3 is 2.44 bits per heavy atom. The number of nitrogens with one attached hydrogen (secondary N) is 1. The van der Waals surface area contributed by atoms with Crippen molar-refractivity contribution in [2.75, 3.05) is 0 Å². The van der Waals surface area contributed by atoms with Gasteiger partial charge in [0, 0.05) is 13.5 Å². The first-order valence-electron chi connectivity index (χ1n) is 8.50. The Kier molecular flexibility index (Phi) is 7.31. The third kappa shape index (κ3) is 6.71.